The van der Waals surface area contributed by atoms with Crippen LogP contribution in [-0.4, -0.2) is 53.9 Å². The van der Waals surface area contributed by atoms with E-state index in [1.807, 2.05) is 70.5 Å². The second-order valence-electron chi connectivity index (χ2n) is 7.74. The highest BCUT2D eigenvalue weighted by Crippen LogP contribution is 2.20. The van der Waals surface area contributed by atoms with E-state index in [4.69, 9.17) is 4.74 Å². The molecule has 160 valence electrons. The van der Waals surface area contributed by atoms with Gasteiger partial charge in [-0.15, -0.1) is 0 Å². The van der Waals surface area contributed by atoms with Crippen LogP contribution in [-0.2, 0) is 4.79 Å². The van der Waals surface area contributed by atoms with Gasteiger partial charge in [0, 0.05) is 37.7 Å². The van der Waals surface area contributed by atoms with E-state index in [-0.39, 0.29) is 17.9 Å². The molecule has 5 heteroatoms. The van der Waals surface area contributed by atoms with Crippen LogP contribution in [0.25, 0.3) is 0 Å². The largest absolute Gasteiger partial charge is 0.494 e. The molecule has 0 bridgehead atoms. The summed E-state index contributed by atoms with van der Waals surface area (Å²) < 4.78 is 5.71. The summed E-state index contributed by atoms with van der Waals surface area (Å²) in [5, 5.41) is 0. The number of rotatable bonds is 9. The predicted octanol–water partition coefficient (Wildman–Crippen LogP) is 4.39. The van der Waals surface area contributed by atoms with Gasteiger partial charge in [-0.1, -0.05) is 43.3 Å². The lowest BCUT2D eigenvalue weighted by molar-refractivity contribution is -0.134. The van der Waals surface area contributed by atoms with Crippen molar-refractivity contribution in [1.82, 2.24) is 9.80 Å². The molecule has 1 aliphatic rings. The lowest BCUT2D eigenvalue weighted by Crippen LogP contribution is -2.49. The number of piperidine rings is 1. The first-order chi connectivity index (χ1) is 14.7. The maximum Gasteiger partial charge on any atom is 0.253 e. The molecule has 30 heavy (non-hydrogen) atoms. The third-order valence-electron chi connectivity index (χ3n) is 5.54. The topological polar surface area (TPSA) is 49.9 Å². The number of ether oxygens (including phenoxy) is 1. The molecule has 0 unspecified atom stereocenters. The Balaban J connectivity index is 1.46. The number of hydrogen-bond donors (Lipinski definition) is 0. The van der Waals surface area contributed by atoms with Gasteiger partial charge >= 0.3 is 0 Å². The van der Waals surface area contributed by atoms with Crippen LogP contribution in [0.5, 0.6) is 5.75 Å². The molecule has 0 spiro atoms. The zero-order chi connectivity index (χ0) is 21.2. The SMILES string of the molecule is CCCN(C(=O)CCCOc1ccccc1)C1CCN(C(=O)c2ccccc2)CC1. The Labute approximate surface area is 179 Å². The monoisotopic (exact) mass is 408 g/mol. The van der Waals surface area contributed by atoms with Crippen molar-refractivity contribution >= 4 is 11.8 Å². The van der Waals surface area contributed by atoms with Gasteiger partial charge < -0.3 is 14.5 Å². The summed E-state index contributed by atoms with van der Waals surface area (Å²) in [6.07, 6.45) is 3.82. The standard InChI is InChI=1S/C25H32N2O3/c1-2-17-27(24(28)14-9-20-30-23-12-7-4-8-13-23)22-15-18-26(19-16-22)25(29)21-10-5-3-6-11-21/h3-8,10-13,22H,2,9,14-20H2,1H3. The predicted molar refractivity (Wildman–Crippen MR) is 119 cm³/mol. The number of likely N-dealkylation sites (tertiary alicyclic amines) is 1. The van der Waals surface area contributed by atoms with Crippen molar-refractivity contribution in [3.63, 3.8) is 0 Å². The molecule has 1 heterocycles. The number of para-hydroxylation sites is 1. The summed E-state index contributed by atoms with van der Waals surface area (Å²) in [5.41, 5.74) is 0.732. The molecule has 1 saturated heterocycles. The molecule has 0 aliphatic carbocycles. The van der Waals surface area contributed by atoms with Gasteiger partial charge in [-0.25, -0.2) is 0 Å². The van der Waals surface area contributed by atoms with Crippen molar-refractivity contribution in [3.05, 3.63) is 66.2 Å². The maximum atomic E-state index is 12.9. The third kappa shape index (κ3) is 6.09. The first kappa shape index (κ1) is 21.9. The van der Waals surface area contributed by atoms with Crippen LogP contribution in [0.1, 0.15) is 49.4 Å². The quantitative estimate of drug-likeness (QED) is 0.578. The van der Waals surface area contributed by atoms with E-state index in [0.29, 0.717) is 32.5 Å². The number of carbonyl (C=O) groups excluding carboxylic acids is 2. The molecule has 0 radical (unpaired) electrons. The Bertz CT molecular complexity index is 787. The minimum Gasteiger partial charge on any atom is -0.494 e. The van der Waals surface area contributed by atoms with Gasteiger partial charge in [0.05, 0.1) is 6.61 Å². The Morgan fingerprint density at radius 3 is 2.27 bits per heavy atom. The zero-order valence-corrected chi connectivity index (χ0v) is 17.8. The highest BCUT2D eigenvalue weighted by Gasteiger charge is 2.29. The Morgan fingerprint density at radius 1 is 1.00 bits per heavy atom. The Hall–Kier alpha value is -2.82. The van der Waals surface area contributed by atoms with Crippen molar-refractivity contribution in [3.8, 4) is 5.75 Å². The molecule has 3 rings (SSSR count). The van der Waals surface area contributed by atoms with Crippen molar-refractivity contribution in [2.45, 2.75) is 45.1 Å². The molecule has 2 amide bonds. The second kappa shape index (κ2) is 11.4. The van der Waals surface area contributed by atoms with Crippen molar-refractivity contribution in [2.24, 2.45) is 0 Å². The van der Waals surface area contributed by atoms with E-state index < -0.39 is 0 Å². The van der Waals surface area contributed by atoms with Crippen LogP contribution in [0.3, 0.4) is 0 Å². The van der Waals surface area contributed by atoms with Gasteiger partial charge in [-0.2, -0.15) is 0 Å². The van der Waals surface area contributed by atoms with Crippen LogP contribution in [0.2, 0.25) is 0 Å². The summed E-state index contributed by atoms with van der Waals surface area (Å²) in [7, 11) is 0. The fraction of sp³-hybridized carbons (Fsp3) is 0.440. The first-order valence-corrected chi connectivity index (χ1v) is 11.0. The van der Waals surface area contributed by atoms with Gasteiger partial charge in [0.2, 0.25) is 5.91 Å². The minimum absolute atomic E-state index is 0.0838. The van der Waals surface area contributed by atoms with Crippen LogP contribution in [0.4, 0.5) is 0 Å². The molecule has 0 saturated carbocycles. The van der Waals surface area contributed by atoms with Crippen molar-refractivity contribution in [1.29, 1.82) is 0 Å². The summed E-state index contributed by atoms with van der Waals surface area (Å²) in [6.45, 7) is 4.81. The van der Waals surface area contributed by atoms with Crippen LogP contribution in [0, 0.1) is 0 Å². The molecule has 0 atom stereocenters. The molecule has 0 aromatic heterocycles. The average molecular weight is 409 g/mol. The van der Waals surface area contributed by atoms with E-state index >= 15 is 0 Å². The molecule has 5 nitrogen and oxygen atoms in total. The Kier molecular flexibility index (Phi) is 8.30. The van der Waals surface area contributed by atoms with Gasteiger partial charge in [-0.05, 0) is 49.9 Å². The van der Waals surface area contributed by atoms with Gasteiger partial charge in [0.15, 0.2) is 0 Å². The van der Waals surface area contributed by atoms with Gasteiger partial charge in [-0.3, -0.25) is 9.59 Å². The van der Waals surface area contributed by atoms with Crippen LogP contribution in [0.15, 0.2) is 60.7 Å². The molecule has 2 aromatic rings. The van der Waals surface area contributed by atoms with Gasteiger partial charge in [0.1, 0.15) is 5.75 Å². The lowest BCUT2D eigenvalue weighted by atomic mass is 10.0. The third-order valence-corrected chi connectivity index (χ3v) is 5.54. The lowest BCUT2D eigenvalue weighted by Gasteiger charge is -2.38. The number of hydrogen-bond acceptors (Lipinski definition) is 3. The van der Waals surface area contributed by atoms with Crippen LogP contribution < -0.4 is 4.74 Å². The molecule has 2 aromatic carbocycles. The highest BCUT2D eigenvalue weighted by atomic mass is 16.5. The number of benzene rings is 2. The second-order valence-corrected chi connectivity index (χ2v) is 7.74. The fourth-order valence-electron chi connectivity index (χ4n) is 3.97. The van der Waals surface area contributed by atoms with Crippen LogP contribution >= 0.6 is 0 Å². The van der Waals surface area contributed by atoms with Crippen molar-refractivity contribution < 1.29 is 14.3 Å². The van der Waals surface area contributed by atoms with E-state index in [1.165, 1.54) is 0 Å². The smallest absolute Gasteiger partial charge is 0.253 e. The van der Waals surface area contributed by atoms with Gasteiger partial charge in [0.25, 0.3) is 5.91 Å². The normalized spacial score (nSPS) is 14.4. The van der Waals surface area contributed by atoms with E-state index in [9.17, 15) is 9.59 Å². The summed E-state index contributed by atoms with van der Waals surface area (Å²) in [6, 6.07) is 19.3. The molecule has 0 N–H and O–H groups in total. The van der Waals surface area contributed by atoms with Crippen molar-refractivity contribution in [2.75, 3.05) is 26.2 Å². The summed E-state index contributed by atoms with van der Waals surface area (Å²) >= 11 is 0. The maximum absolute atomic E-state index is 12.9. The number of amides is 2. The van der Waals surface area contributed by atoms with E-state index in [0.717, 1.165) is 37.1 Å². The van der Waals surface area contributed by atoms with E-state index in [1.54, 1.807) is 0 Å². The summed E-state index contributed by atoms with van der Waals surface area (Å²) in [4.78, 5) is 29.5. The molecular formula is C25H32N2O3. The highest BCUT2D eigenvalue weighted by molar-refractivity contribution is 5.94. The summed E-state index contributed by atoms with van der Waals surface area (Å²) in [5.74, 6) is 1.12. The molecular weight excluding hydrogens is 376 g/mol. The Morgan fingerprint density at radius 2 is 1.63 bits per heavy atom. The molecule has 1 aliphatic heterocycles. The average Bonchev–Trinajstić information content (AvgIpc) is 2.81. The fourth-order valence-corrected chi connectivity index (χ4v) is 3.97. The number of carbonyl (C=O) groups is 2. The number of nitrogens with zero attached hydrogens (tertiary/aromatic N) is 2. The minimum atomic E-state index is 0.0838. The van der Waals surface area contributed by atoms with E-state index in [2.05, 4.69) is 6.92 Å². The first-order valence-electron chi connectivity index (χ1n) is 11.0. The zero-order valence-electron chi connectivity index (χ0n) is 17.8. The molecule has 1 fully saturated rings.